The van der Waals surface area contributed by atoms with Crippen LogP contribution in [-0.4, -0.2) is 23.1 Å². The smallest absolute Gasteiger partial charge is 0.418 e. The van der Waals surface area contributed by atoms with Gasteiger partial charge in [0.2, 0.25) is 0 Å². The molecule has 25 heavy (non-hydrogen) atoms. The van der Waals surface area contributed by atoms with E-state index in [1.807, 2.05) is 0 Å². The van der Waals surface area contributed by atoms with Gasteiger partial charge in [0.15, 0.2) is 0 Å². The fourth-order valence-corrected chi connectivity index (χ4v) is 2.21. The molecule has 2 aromatic rings. The zero-order valence-electron chi connectivity index (χ0n) is 12.9. The zero-order chi connectivity index (χ0) is 18.4. The number of anilines is 1. The first-order valence-electron chi connectivity index (χ1n) is 7.28. The summed E-state index contributed by atoms with van der Waals surface area (Å²) in [5, 5.41) is 13.4. The van der Waals surface area contributed by atoms with E-state index in [-0.39, 0.29) is 6.42 Å². The fraction of sp³-hybridized carbons (Fsp3) is 0.176. The number of halogens is 3. The standard InChI is InChI=1S/C17H15F3N2O3/c18-17(19,20)12-8-4-5-9-13(12)21-16(25)22-14(15(23)24)10-11-6-2-1-3-7-11/h1-9,14H,10H2,(H,23,24)(H2,21,22,25)/t14-/m0/s1. The number of urea groups is 1. The Labute approximate surface area is 141 Å². The Hall–Kier alpha value is -3.03. The minimum atomic E-state index is -4.64. The molecule has 0 bridgehead atoms. The highest BCUT2D eigenvalue weighted by Crippen LogP contribution is 2.34. The lowest BCUT2D eigenvalue weighted by molar-refractivity contribution is -0.139. The summed E-state index contributed by atoms with van der Waals surface area (Å²) in [6, 6.07) is 10.7. The number of hydrogen-bond acceptors (Lipinski definition) is 2. The van der Waals surface area contributed by atoms with Gasteiger partial charge in [-0.2, -0.15) is 13.2 Å². The summed E-state index contributed by atoms with van der Waals surface area (Å²) in [5.74, 6) is -1.29. The van der Waals surface area contributed by atoms with E-state index in [9.17, 15) is 27.9 Å². The Morgan fingerprint density at radius 2 is 1.60 bits per heavy atom. The van der Waals surface area contributed by atoms with Crippen molar-refractivity contribution in [1.82, 2.24) is 5.32 Å². The Bertz CT molecular complexity index is 748. The van der Waals surface area contributed by atoms with Crippen LogP contribution in [0.4, 0.5) is 23.7 Å². The summed E-state index contributed by atoms with van der Waals surface area (Å²) in [6.45, 7) is 0. The summed E-state index contributed by atoms with van der Waals surface area (Å²) in [6.07, 6.45) is -4.63. The molecule has 1 atom stereocenters. The summed E-state index contributed by atoms with van der Waals surface area (Å²) < 4.78 is 38.7. The number of para-hydroxylation sites is 1. The second-order valence-electron chi connectivity index (χ2n) is 5.22. The zero-order valence-corrected chi connectivity index (χ0v) is 12.9. The lowest BCUT2D eigenvalue weighted by Crippen LogP contribution is -2.44. The highest BCUT2D eigenvalue weighted by atomic mass is 19.4. The first-order chi connectivity index (χ1) is 11.8. The number of carbonyl (C=O) groups excluding carboxylic acids is 1. The molecule has 8 heteroatoms. The van der Waals surface area contributed by atoms with Gasteiger partial charge in [0.1, 0.15) is 6.04 Å². The molecule has 0 spiro atoms. The molecule has 5 nitrogen and oxygen atoms in total. The van der Waals surface area contributed by atoms with E-state index in [1.165, 1.54) is 12.1 Å². The van der Waals surface area contributed by atoms with Crippen molar-refractivity contribution in [2.45, 2.75) is 18.6 Å². The molecule has 0 aromatic heterocycles. The van der Waals surface area contributed by atoms with Crippen LogP contribution in [0.1, 0.15) is 11.1 Å². The third-order valence-corrected chi connectivity index (χ3v) is 3.37. The maximum atomic E-state index is 12.9. The van der Waals surface area contributed by atoms with Gasteiger partial charge in [0.05, 0.1) is 11.3 Å². The van der Waals surface area contributed by atoms with Gasteiger partial charge in [-0.15, -0.1) is 0 Å². The number of aliphatic carboxylic acids is 1. The quantitative estimate of drug-likeness (QED) is 0.770. The van der Waals surface area contributed by atoms with Crippen molar-refractivity contribution in [3.05, 3.63) is 65.7 Å². The first-order valence-corrected chi connectivity index (χ1v) is 7.28. The molecule has 0 aliphatic heterocycles. The molecule has 0 saturated heterocycles. The van der Waals surface area contributed by atoms with Crippen LogP contribution in [0.25, 0.3) is 0 Å². The third kappa shape index (κ3) is 5.23. The normalized spacial score (nSPS) is 12.3. The average Bonchev–Trinajstić information content (AvgIpc) is 2.54. The summed E-state index contributed by atoms with van der Waals surface area (Å²) >= 11 is 0. The Morgan fingerprint density at radius 1 is 1.00 bits per heavy atom. The Morgan fingerprint density at radius 3 is 2.20 bits per heavy atom. The first kappa shape index (κ1) is 18.3. The molecular weight excluding hydrogens is 337 g/mol. The number of carboxylic acid groups (broad SMARTS) is 1. The molecule has 3 N–H and O–H groups in total. The van der Waals surface area contributed by atoms with Gasteiger partial charge in [-0.3, -0.25) is 0 Å². The number of nitrogens with one attached hydrogen (secondary N) is 2. The number of alkyl halides is 3. The van der Waals surface area contributed by atoms with Crippen molar-refractivity contribution in [3.63, 3.8) is 0 Å². The van der Waals surface area contributed by atoms with Gasteiger partial charge in [-0.05, 0) is 17.7 Å². The van der Waals surface area contributed by atoms with Crippen LogP contribution >= 0.6 is 0 Å². The maximum Gasteiger partial charge on any atom is 0.418 e. The van der Waals surface area contributed by atoms with Crippen molar-refractivity contribution < 1.29 is 27.9 Å². The average molecular weight is 352 g/mol. The SMILES string of the molecule is O=C(Nc1ccccc1C(F)(F)F)N[C@@H](Cc1ccccc1)C(=O)O. The second kappa shape index (κ2) is 7.69. The largest absolute Gasteiger partial charge is 0.480 e. The van der Waals surface area contributed by atoms with Gasteiger partial charge >= 0.3 is 18.2 Å². The minimum Gasteiger partial charge on any atom is -0.480 e. The molecule has 0 saturated carbocycles. The molecule has 0 unspecified atom stereocenters. The molecule has 0 heterocycles. The van der Waals surface area contributed by atoms with Crippen LogP contribution in [-0.2, 0) is 17.4 Å². The molecule has 0 radical (unpaired) electrons. The van der Waals surface area contributed by atoms with Gasteiger partial charge in [-0.25, -0.2) is 9.59 Å². The van der Waals surface area contributed by atoms with Gasteiger partial charge in [0, 0.05) is 6.42 Å². The molecule has 2 aromatic carbocycles. The molecular formula is C17H15F3N2O3. The van der Waals surface area contributed by atoms with E-state index in [4.69, 9.17) is 0 Å². The van der Waals surface area contributed by atoms with Crippen LogP contribution in [0.2, 0.25) is 0 Å². The number of rotatable bonds is 5. The molecule has 0 fully saturated rings. The van der Waals surface area contributed by atoms with E-state index >= 15 is 0 Å². The predicted octanol–water partition coefficient (Wildman–Crippen LogP) is 3.52. The number of carboxylic acids is 1. The Kier molecular flexibility index (Phi) is 5.63. The lowest BCUT2D eigenvalue weighted by atomic mass is 10.1. The number of carbonyl (C=O) groups is 2. The number of hydrogen-bond donors (Lipinski definition) is 3. The molecule has 0 aliphatic rings. The van der Waals surface area contributed by atoms with E-state index in [2.05, 4.69) is 10.6 Å². The lowest BCUT2D eigenvalue weighted by Gasteiger charge is -2.17. The van der Waals surface area contributed by atoms with Gasteiger partial charge in [0.25, 0.3) is 0 Å². The van der Waals surface area contributed by atoms with Gasteiger partial charge in [-0.1, -0.05) is 42.5 Å². The number of amides is 2. The summed E-state index contributed by atoms with van der Waals surface area (Å²) in [4.78, 5) is 23.2. The third-order valence-electron chi connectivity index (χ3n) is 3.37. The van der Waals surface area contributed by atoms with Crippen molar-refractivity contribution >= 4 is 17.7 Å². The van der Waals surface area contributed by atoms with Crippen LogP contribution in [0.15, 0.2) is 54.6 Å². The summed E-state index contributed by atoms with van der Waals surface area (Å²) in [7, 11) is 0. The molecule has 2 rings (SSSR count). The minimum absolute atomic E-state index is 0.00448. The van der Waals surface area contributed by atoms with Crippen molar-refractivity contribution in [2.75, 3.05) is 5.32 Å². The predicted molar refractivity (Wildman–Crippen MR) is 85.2 cm³/mol. The highest BCUT2D eigenvalue weighted by molar-refractivity contribution is 5.93. The van der Waals surface area contributed by atoms with Crippen LogP contribution < -0.4 is 10.6 Å². The highest BCUT2D eigenvalue weighted by Gasteiger charge is 2.33. The summed E-state index contributed by atoms with van der Waals surface area (Å²) in [5.41, 5.74) is -0.790. The monoisotopic (exact) mass is 352 g/mol. The molecule has 0 aliphatic carbocycles. The number of benzene rings is 2. The van der Waals surface area contributed by atoms with E-state index in [1.54, 1.807) is 30.3 Å². The van der Waals surface area contributed by atoms with Crippen LogP contribution in [0.3, 0.4) is 0 Å². The maximum absolute atomic E-state index is 12.9. The van der Waals surface area contributed by atoms with Crippen molar-refractivity contribution in [1.29, 1.82) is 0 Å². The van der Waals surface area contributed by atoms with Crippen LogP contribution in [0, 0.1) is 0 Å². The second-order valence-corrected chi connectivity index (χ2v) is 5.22. The van der Waals surface area contributed by atoms with E-state index < -0.39 is 35.5 Å². The topological polar surface area (TPSA) is 78.4 Å². The Balaban J connectivity index is 2.09. The van der Waals surface area contributed by atoms with Crippen molar-refractivity contribution in [2.24, 2.45) is 0 Å². The fourth-order valence-electron chi connectivity index (χ4n) is 2.21. The van der Waals surface area contributed by atoms with E-state index in [0.717, 1.165) is 12.1 Å². The van der Waals surface area contributed by atoms with Crippen molar-refractivity contribution in [3.8, 4) is 0 Å². The molecule has 2 amide bonds. The van der Waals surface area contributed by atoms with E-state index in [0.29, 0.717) is 5.56 Å². The van der Waals surface area contributed by atoms with Crippen LogP contribution in [0.5, 0.6) is 0 Å². The molecule has 132 valence electrons. The van der Waals surface area contributed by atoms with Gasteiger partial charge < -0.3 is 15.7 Å².